The zero-order chi connectivity index (χ0) is 17.6. The van der Waals surface area contributed by atoms with Crippen LogP contribution in [0.5, 0.6) is 5.75 Å². The molecule has 3 rings (SSSR count). The van der Waals surface area contributed by atoms with Crippen LogP contribution in [0.4, 0.5) is 0 Å². The second kappa shape index (κ2) is 8.16. The van der Waals surface area contributed by atoms with Gasteiger partial charge >= 0.3 is 0 Å². The minimum absolute atomic E-state index is 0.0134. The largest absolute Gasteiger partial charge is 0.497 e. The molecule has 1 fully saturated rings. The van der Waals surface area contributed by atoms with Gasteiger partial charge in [-0.2, -0.15) is 0 Å². The number of hydrogen-bond donors (Lipinski definition) is 1. The number of ether oxygens (including phenoxy) is 1. The van der Waals surface area contributed by atoms with E-state index in [0.717, 1.165) is 35.6 Å². The number of nitrogens with one attached hydrogen (secondary N) is 1. The lowest BCUT2D eigenvalue weighted by atomic mass is 9.97. The molecule has 0 spiro atoms. The molecular weight excluding hydrogens is 336 g/mol. The average Bonchev–Trinajstić information content (AvgIpc) is 3.20. The Bertz CT molecular complexity index is 713. The summed E-state index contributed by atoms with van der Waals surface area (Å²) in [6.07, 6.45) is 1.68. The SMILES string of the molecule is COc1ccc(CNC(=O)[C@@H]2CCCN(C(=O)c3cccs3)C2)cc1. The molecular formula is C19H22N2O3S. The van der Waals surface area contributed by atoms with Crippen molar-refractivity contribution in [3.63, 3.8) is 0 Å². The van der Waals surface area contributed by atoms with E-state index in [1.165, 1.54) is 11.3 Å². The number of amides is 2. The van der Waals surface area contributed by atoms with Crippen molar-refractivity contribution in [1.82, 2.24) is 10.2 Å². The average molecular weight is 358 g/mol. The molecule has 1 aromatic carbocycles. The second-order valence-corrected chi connectivity index (χ2v) is 7.08. The smallest absolute Gasteiger partial charge is 0.263 e. The van der Waals surface area contributed by atoms with Crippen LogP contribution in [-0.4, -0.2) is 36.9 Å². The lowest BCUT2D eigenvalue weighted by Gasteiger charge is -2.31. The van der Waals surface area contributed by atoms with Crippen LogP contribution in [-0.2, 0) is 11.3 Å². The summed E-state index contributed by atoms with van der Waals surface area (Å²) in [7, 11) is 1.63. The first-order valence-electron chi connectivity index (χ1n) is 8.41. The van der Waals surface area contributed by atoms with Gasteiger partial charge in [0.05, 0.1) is 17.9 Å². The fourth-order valence-corrected chi connectivity index (χ4v) is 3.70. The van der Waals surface area contributed by atoms with Crippen molar-refractivity contribution in [3.8, 4) is 5.75 Å². The van der Waals surface area contributed by atoms with Gasteiger partial charge in [0, 0.05) is 19.6 Å². The Kier molecular flexibility index (Phi) is 5.71. The molecule has 0 radical (unpaired) electrons. The van der Waals surface area contributed by atoms with E-state index >= 15 is 0 Å². The summed E-state index contributed by atoms with van der Waals surface area (Å²) in [6, 6.07) is 11.3. The molecule has 1 aliphatic rings. The van der Waals surface area contributed by atoms with Gasteiger partial charge in [-0.15, -0.1) is 11.3 Å². The maximum Gasteiger partial charge on any atom is 0.263 e. The molecule has 0 aliphatic carbocycles. The van der Waals surface area contributed by atoms with E-state index in [0.29, 0.717) is 13.1 Å². The molecule has 6 heteroatoms. The summed E-state index contributed by atoms with van der Waals surface area (Å²) >= 11 is 1.44. The van der Waals surface area contributed by atoms with Crippen LogP contribution in [0.15, 0.2) is 41.8 Å². The van der Waals surface area contributed by atoms with Gasteiger partial charge in [0.25, 0.3) is 5.91 Å². The third-order valence-electron chi connectivity index (χ3n) is 4.44. The molecule has 1 aromatic heterocycles. The molecule has 1 N–H and O–H groups in total. The summed E-state index contributed by atoms with van der Waals surface area (Å²) in [6.45, 7) is 1.70. The van der Waals surface area contributed by atoms with Gasteiger partial charge in [0.2, 0.25) is 5.91 Å². The number of hydrogen-bond acceptors (Lipinski definition) is 4. The first kappa shape index (κ1) is 17.5. The van der Waals surface area contributed by atoms with E-state index in [2.05, 4.69) is 5.32 Å². The van der Waals surface area contributed by atoms with Crippen molar-refractivity contribution in [2.75, 3.05) is 20.2 Å². The Morgan fingerprint density at radius 2 is 2.08 bits per heavy atom. The predicted molar refractivity (Wildman–Crippen MR) is 97.8 cm³/mol. The van der Waals surface area contributed by atoms with Crippen LogP contribution in [0.2, 0.25) is 0 Å². The molecule has 1 saturated heterocycles. The highest BCUT2D eigenvalue weighted by Gasteiger charge is 2.29. The Hall–Kier alpha value is -2.34. The minimum Gasteiger partial charge on any atom is -0.497 e. The van der Waals surface area contributed by atoms with Crippen molar-refractivity contribution < 1.29 is 14.3 Å². The summed E-state index contributed by atoms with van der Waals surface area (Å²) in [4.78, 5) is 27.5. The maximum absolute atomic E-state index is 12.5. The predicted octanol–water partition coefficient (Wildman–Crippen LogP) is 2.93. The highest BCUT2D eigenvalue weighted by atomic mass is 32.1. The summed E-state index contributed by atoms with van der Waals surface area (Å²) in [5.41, 5.74) is 1.02. The Labute approximate surface area is 151 Å². The number of nitrogens with zero attached hydrogens (tertiary/aromatic N) is 1. The number of thiophene rings is 1. The van der Waals surface area contributed by atoms with Crippen LogP contribution >= 0.6 is 11.3 Å². The van der Waals surface area contributed by atoms with Crippen molar-refractivity contribution in [2.45, 2.75) is 19.4 Å². The maximum atomic E-state index is 12.5. The molecule has 2 aromatic rings. The van der Waals surface area contributed by atoms with Gasteiger partial charge in [0.15, 0.2) is 0 Å². The summed E-state index contributed by atoms with van der Waals surface area (Å²) in [5.74, 6) is 0.697. The monoisotopic (exact) mass is 358 g/mol. The molecule has 1 atom stereocenters. The van der Waals surface area contributed by atoms with E-state index in [9.17, 15) is 9.59 Å². The van der Waals surface area contributed by atoms with Gasteiger partial charge in [-0.3, -0.25) is 9.59 Å². The van der Waals surface area contributed by atoms with Crippen molar-refractivity contribution in [1.29, 1.82) is 0 Å². The summed E-state index contributed by atoms with van der Waals surface area (Å²) in [5, 5.41) is 4.88. The highest BCUT2D eigenvalue weighted by molar-refractivity contribution is 7.12. The first-order valence-corrected chi connectivity index (χ1v) is 9.29. The fraction of sp³-hybridized carbons (Fsp3) is 0.368. The molecule has 25 heavy (non-hydrogen) atoms. The molecule has 0 saturated carbocycles. The Balaban J connectivity index is 1.53. The summed E-state index contributed by atoms with van der Waals surface area (Å²) < 4.78 is 5.13. The number of methoxy groups -OCH3 is 1. The minimum atomic E-state index is -0.143. The fourth-order valence-electron chi connectivity index (χ4n) is 3.01. The van der Waals surface area contributed by atoms with Gasteiger partial charge in [-0.25, -0.2) is 0 Å². The number of likely N-dealkylation sites (tertiary alicyclic amines) is 1. The van der Waals surface area contributed by atoms with Gasteiger partial charge < -0.3 is 15.0 Å². The van der Waals surface area contributed by atoms with E-state index < -0.39 is 0 Å². The number of rotatable bonds is 5. The Morgan fingerprint density at radius 3 is 2.76 bits per heavy atom. The second-order valence-electron chi connectivity index (χ2n) is 6.13. The van der Waals surface area contributed by atoms with E-state index in [1.54, 1.807) is 12.0 Å². The van der Waals surface area contributed by atoms with Crippen molar-refractivity contribution >= 4 is 23.2 Å². The number of piperidine rings is 1. The third-order valence-corrected chi connectivity index (χ3v) is 5.30. The molecule has 2 amide bonds. The van der Waals surface area contributed by atoms with Crippen LogP contribution in [0.25, 0.3) is 0 Å². The highest BCUT2D eigenvalue weighted by Crippen LogP contribution is 2.21. The normalized spacial score (nSPS) is 17.2. The molecule has 2 heterocycles. The van der Waals surface area contributed by atoms with Gasteiger partial charge in [-0.1, -0.05) is 18.2 Å². The number of benzene rings is 1. The van der Waals surface area contributed by atoms with E-state index in [-0.39, 0.29) is 17.7 Å². The topological polar surface area (TPSA) is 58.6 Å². The quantitative estimate of drug-likeness (QED) is 0.894. The van der Waals surface area contributed by atoms with Crippen molar-refractivity contribution in [3.05, 3.63) is 52.2 Å². The zero-order valence-corrected chi connectivity index (χ0v) is 15.1. The van der Waals surface area contributed by atoms with E-state index in [4.69, 9.17) is 4.74 Å². The number of carbonyl (C=O) groups excluding carboxylic acids is 2. The van der Waals surface area contributed by atoms with Crippen LogP contribution in [0.3, 0.4) is 0 Å². The van der Waals surface area contributed by atoms with Crippen molar-refractivity contribution in [2.24, 2.45) is 5.92 Å². The zero-order valence-electron chi connectivity index (χ0n) is 14.2. The lowest BCUT2D eigenvalue weighted by Crippen LogP contribution is -2.45. The molecule has 5 nitrogen and oxygen atoms in total. The first-order chi connectivity index (χ1) is 12.2. The van der Waals surface area contributed by atoms with Crippen LogP contribution in [0, 0.1) is 5.92 Å². The molecule has 132 valence electrons. The van der Waals surface area contributed by atoms with E-state index in [1.807, 2.05) is 41.8 Å². The number of carbonyl (C=O) groups is 2. The molecule has 1 aliphatic heterocycles. The van der Waals surface area contributed by atoms with Crippen LogP contribution in [0.1, 0.15) is 28.1 Å². The standard InChI is InChI=1S/C19H22N2O3S/c1-24-16-8-6-14(7-9-16)12-20-18(22)15-4-2-10-21(13-15)19(23)17-5-3-11-25-17/h3,5-9,11,15H,2,4,10,12-13H2,1H3,(H,20,22)/t15-/m1/s1. The molecule has 0 unspecified atom stereocenters. The van der Waals surface area contributed by atoms with Gasteiger partial charge in [-0.05, 0) is 42.0 Å². The van der Waals surface area contributed by atoms with Crippen LogP contribution < -0.4 is 10.1 Å². The van der Waals surface area contributed by atoms with Gasteiger partial charge in [0.1, 0.15) is 5.75 Å². The Morgan fingerprint density at radius 1 is 1.28 bits per heavy atom. The third kappa shape index (κ3) is 4.39. The lowest BCUT2D eigenvalue weighted by molar-refractivity contribution is -0.126. The molecule has 0 bridgehead atoms.